The summed E-state index contributed by atoms with van der Waals surface area (Å²) in [5, 5.41) is 5.47. The van der Waals surface area contributed by atoms with E-state index in [1.807, 2.05) is 24.3 Å². The van der Waals surface area contributed by atoms with Crippen LogP contribution in [0.3, 0.4) is 0 Å². The zero-order valence-corrected chi connectivity index (χ0v) is 10.3. The fourth-order valence-electron chi connectivity index (χ4n) is 2.18. The van der Waals surface area contributed by atoms with Gasteiger partial charge in [-0.05, 0) is 55.0 Å². The first-order chi connectivity index (χ1) is 7.88. The quantitative estimate of drug-likeness (QED) is 0.812. The Labute approximate surface area is 102 Å². The maximum atomic E-state index is 5.79. The van der Waals surface area contributed by atoms with Crippen molar-refractivity contribution in [3.05, 3.63) is 24.3 Å². The van der Waals surface area contributed by atoms with Crippen molar-refractivity contribution in [3.63, 3.8) is 0 Å². The van der Waals surface area contributed by atoms with Crippen molar-refractivity contribution >= 4 is 11.9 Å². The van der Waals surface area contributed by atoms with Crippen LogP contribution in [0.25, 0.3) is 0 Å². The molecule has 0 amide bonds. The Morgan fingerprint density at radius 3 is 2.44 bits per heavy atom. The molecule has 1 fully saturated rings. The van der Waals surface area contributed by atoms with Crippen molar-refractivity contribution in [1.29, 1.82) is 0 Å². The van der Waals surface area contributed by atoms with E-state index in [9.17, 15) is 0 Å². The summed E-state index contributed by atoms with van der Waals surface area (Å²) in [6, 6.07) is 8.00. The molecule has 1 saturated carbocycles. The van der Waals surface area contributed by atoms with E-state index in [1.54, 1.807) is 0 Å². The second kappa shape index (κ2) is 6.16. The molecular weight excluding hydrogens is 218 g/mol. The van der Waals surface area contributed by atoms with Crippen LogP contribution >= 0.6 is 11.9 Å². The Bertz CT molecular complexity index is 306. The lowest BCUT2D eigenvalue weighted by molar-refractivity contribution is 0.209. The average molecular weight is 237 g/mol. The predicted molar refractivity (Wildman–Crippen MR) is 68.6 cm³/mol. The molecule has 3 heteroatoms. The molecule has 0 atom stereocenters. The van der Waals surface area contributed by atoms with Crippen LogP contribution in [0.15, 0.2) is 29.2 Å². The summed E-state index contributed by atoms with van der Waals surface area (Å²) >= 11 is 1.27. The third kappa shape index (κ3) is 3.42. The molecule has 2 rings (SSSR count). The molecule has 0 unspecified atom stereocenters. The third-order valence-corrected chi connectivity index (χ3v) is 3.71. The Balaban J connectivity index is 1.79. The van der Waals surface area contributed by atoms with Crippen molar-refractivity contribution in [2.45, 2.75) is 37.0 Å². The Kier molecular flexibility index (Phi) is 4.55. The zero-order chi connectivity index (χ0) is 11.2. The van der Waals surface area contributed by atoms with Crippen LogP contribution in [-0.2, 0) is 0 Å². The van der Waals surface area contributed by atoms with Crippen LogP contribution in [0.4, 0.5) is 0 Å². The molecule has 1 aromatic carbocycles. The van der Waals surface area contributed by atoms with Gasteiger partial charge in [0.05, 0.1) is 6.61 Å². The van der Waals surface area contributed by atoms with E-state index in [-0.39, 0.29) is 0 Å². The van der Waals surface area contributed by atoms with Crippen molar-refractivity contribution in [2.75, 3.05) is 6.61 Å². The topological polar surface area (TPSA) is 35.2 Å². The average Bonchev–Trinajstić information content (AvgIpc) is 2.38. The first-order valence-electron chi connectivity index (χ1n) is 5.98. The van der Waals surface area contributed by atoms with E-state index < -0.39 is 0 Å². The van der Waals surface area contributed by atoms with Crippen LogP contribution in [0, 0.1) is 5.92 Å². The Morgan fingerprint density at radius 2 is 1.81 bits per heavy atom. The largest absolute Gasteiger partial charge is 0.493 e. The van der Waals surface area contributed by atoms with Crippen LogP contribution in [0.1, 0.15) is 32.1 Å². The van der Waals surface area contributed by atoms with Gasteiger partial charge in [0, 0.05) is 4.90 Å². The van der Waals surface area contributed by atoms with Crippen LogP contribution in [-0.4, -0.2) is 6.61 Å². The molecule has 1 aliphatic rings. The summed E-state index contributed by atoms with van der Waals surface area (Å²) in [5.41, 5.74) is 0. The number of ether oxygens (including phenoxy) is 1. The molecule has 0 radical (unpaired) electrons. The van der Waals surface area contributed by atoms with Gasteiger partial charge in [0.25, 0.3) is 0 Å². The van der Waals surface area contributed by atoms with E-state index in [4.69, 9.17) is 9.88 Å². The smallest absolute Gasteiger partial charge is 0.119 e. The molecule has 1 aliphatic carbocycles. The molecule has 0 spiro atoms. The van der Waals surface area contributed by atoms with E-state index in [0.29, 0.717) is 0 Å². The summed E-state index contributed by atoms with van der Waals surface area (Å²) in [7, 11) is 0. The summed E-state index contributed by atoms with van der Waals surface area (Å²) in [6.45, 7) is 0.870. The van der Waals surface area contributed by atoms with Crippen LogP contribution < -0.4 is 9.88 Å². The van der Waals surface area contributed by atoms with Crippen molar-refractivity contribution in [2.24, 2.45) is 11.1 Å². The summed E-state index contributed by atoms with van der Waals surface area (Å²) < 4.78 is 5.79. The van der Waals surface area contributed by atoms with Crippen molar-refractivity contribution < 1.29 is 4.74 Å². The molecule has 0 aliphatic heterocycles. The lowest BCUT2D eigenvalue weighted by atomic mass is 9.90. The molecule has 0 aromatic heterocycles. The number of hydrogen-bond acceptors (Lipinski definition) is 3. The zero-order valence-electron chi connectivity index (χ0n) is 9.52. The fraction of sp³-hybridized carbons (Fsp3) is 0.538. The maximum absolute atomic E-state index is 5.79. The maximum Gasteiger partial charge on any atom is 0.119 e. The van der Waals surface area contributed by atoms with E-state index in [2.05, 4.69) is 0 Å². The second-order valence-electron chi connectivity index (χ2n) is 4.40. The number of nitrogens with two attached hydrogens (primary N) is 1. The third-order valence-electron chi connectivity index (χ3n) is 3.17. The van der Waals surface area contributed by atoms with Gasteiger partial charge in [-0.2, -0.15) is 0 Å². The lowest BCUT2D eigenvalue weighted by Gasteiger charge is -2.21. The Morgan fingerprint density at radius 1 is 1.12 bits per heavy atom. The summed E-state index contributed by atoms with van der Waals surface area (Å²) in [5.74, 6) is 1.72. The second-order valence-corrected chi connectivity index (χ2v) is 5.11. The van der Waals surface area contributed by atoms with Crippen LogP contribution in [0.2, 0.25) is 0 Å². The predicted octanol–water partition coefficient (Wildman–Crippen LogP) is 3.61. The highest BCUT2D eigenvalue weighted by molar-refractivity contribution is 7.97. The first-order valence-corrected chi connectivity index (χ1v) is 6.86. The SMILES string of the molecule is NSc1ccc(OCC2CCCCC2)cc1. The van der Waals surface area contributed by atoms with Gasteiger partial charge in [0.1, 0.15) is 5.75 Å². The van der Waals surface area contributed by atoms with Crippen LogP contribution in [0.5, 0.6) is 5.75 Å². The van der Waals surface area contributed by atoms with Crippen molar-refractivity contribution in [1.82, 2.24) is 0 Å². The van der Waals surface area contributed by atoms with Gasteiger partial charge in [0.2, 0.25) is 0 Å². The van der Waals surface area contributed by atoms with Gasteiger partial charge in [-0.25, -0.2) is 0 Å². The molecule has 0 saturated heterocycles. The van der Waals surface area contributed by atoms with E-state index >= 15 is 0 Å². The number of hydrogen-bond donors (Lipinski definition) is 1. The van der Waals surface area contributed by atoms with E-state index in [1.165, 1.54) is 44.1 Å². The van der Waals surface area contributed by atoms with Gasteiger partial charge in [0.15, 0.2) is 0 Å². The standard InChI is InChI=1S/C13H19NOS/c14-16-13-8-6-12(7-9-13)15-10-11-4-2-1-3-5-11/h6-9,11H,1-5,10,14H2. The molecule has 1 aromatic rings. The van der Waals surface area contributed by atoms with Gasteiger partial charge in [-0.3, -0.25) is 5.14 Å². The van der Waals surface area contributed by atoms with Gasteiger partial charge < -0.3 is 4.74 Å². The molecule has 0 heterocycles. The Hall–Kier alpha value is -0.670. The lowest BCUT2D eigenvalue weighted by Crippen LogP contribution is -2.15. The minimum Gasteiger partial charge on any atom is -0.493 e. The van der Waals surface area contributed by atoms with Gasteiger partial charge >= 0.3 is 0 Å². The summed E-state index contributed by atoms with van der Waals surface area (Å²) in [6.07, 6.45) is 6.81. The van der Waals surface area contributed by atoms with Gasteiger partial charge in [-0.1, -0.05) is 19.3 Å². The molecule has 88 valence electrons. The molecule has 2 N–H and O–H groups in total. The highest BCUT2D eigenvalue weighted by Gasteiger charge is 2.13. The highest BCUT2D eigenvalue weighted by atomic mass is 32.2. The molecule has 16 heavy (non-hydrogen) atoms. The highest BCUT2D eigenvalue weighted by Crippen LogP contribution is 2.25. The van der Waals surface area contributed by atoms with Gasteiger partial charge in [-0.15, -0.1) is 0 Å². The molecule has 0 bridgehead atoms. The minimum atomic E-state index is 0.761. The molecule has 2 nitrogen and oxygen atoms in total. The van der Waals surface area contributed by atoms with Crippen molar-refractivity contribution in [3.8, 4) is 5.75 Å². The monoisotopic (exact) mass is 237 g/mol. The fourth-order valence-corrected chi connectivity index (χ4v) is 2.48. The number of rotatable bonds is 4. The minimum absolute atomic E-state index is 0.761. The molecular formula is C13H19NOS. The summed E-state index contributed by atoms with van der Waals surface area (Å²) in [4.78, 5) is 1.07. The number of benzene rings is 1. The van der Waals surface area contributed by atoms with E-state index in [0.717, 1.165) is 23.2 Å². The first kappa shape index (κ1) is 11.8. The normalized spacial score (nSPS) is 17.3.